The summed E-state index contributed by atoms with van der Waals surface area (Å²) in [5.41, 5.74) is 1.32. The van der Waals surface area contributed by atoms with E-state index in [1.807, 2.05) is 32.1 Å². The molecule has 0 spiro atoms. The molecular weight excluding hydrogens is 306 g/mol. The maximum absolute atomic E-state index is 12.3. The van der Waals surface area contributed by atoms with E-state index in [9.17, 15) is 9.59 Å². The highest BCUT2D eigenvalue weighted by Gasteiger charge is 2.35. The Morgan fingerprint density at radius 3 is 2.43 bits per heavy atom. The third-order valence-corrected chi connectivity index (χ3v) is 5.36. The smallest absolute Gasteiger partial charge is 0.166 e. The van der Waals surface area contributed by atoms with Crippen LogP contribution in [0.15, 0.2) is 51.9 Å². The van der Waals surface area contributed by atoms with Gasteiger partial charge in [0.1, 0.15) is 0 Å². The Kier molecular flexibility index (Phi) is 4.19. The summed E-state index contributed by atoms with van der Waals surface area (Å²) in [5, 5.41) is 1.06. The average Bonchev–Trinajstić information content (AvgIpc) is 2.82. The molecule has 0 aromatic heterocycles. The number of carbonyl (C=O) groups excluding carboxylic acids is 2. The average molecular weight is 327 g/mol. The number of Topliss-reactive ketones (excluding diaryl/α,β-unsaturated/α-hetero) is 2. The van der Waals surface area contributed by atoms with E-state index < -0.39 is 0 Å². The first-order valence-corrected chi connectivity index (χ1v) is 8.76. The van der Waals surface area contributed by atoms with Gasteiger partial charge in [-0.3, -0.25) is 9.59 Å². The number of anilines is 1. The lowest BCUT2D eigenvalue weighted by atomic mass is 9.74. The van der Waals surface area contributed by atoms with Crippen LogP contribution < -0.4 is 4.90 Å². The van der Waals surface area contributed by atoms with Crippen molar-refractivity contribution in [3.63, 3.8) is 0 Å². The molecule has 0 amide bonds. The van der Waals surface area contributed by atoms with Gasteiger partial charge >= 0.3 is 0 Å². The van der Waals surface area contributed by atoms with Crippen molar-refractivity contribution >= 4 is 29.0 Å². The Morgan fingerprint density at radius 2 is 1.78 bits per heavy atom. The van der Waals surface area contributed by atoms with Gasteiger partial charge in [-0.05, 0) is 36.6 Å². The van der Waals surface area contributed by atoms with Crippen molar-refractivity contribution in [2.24, 2.45) is 5.41 Å². The van der Waals surface area contributed by atoms with Crippen LogP contribution in [0, 0.1) is 5.41 Å². The monoisotopic (exact) mass is 327 g/mol. The molecule has 0 N–H and O–H groups in total. The van der Waals surface area contributed by atoms with Crippen LogP contribution in [0.4, 0.5) is 5.69 Å². The first-order valence-electron chi connectivity index (χ1n) is 7.94. The first kappa shape index (κ1) is 16.1. The van der Waals surface area contributed by atoms with Gasteiger partial charge < -0.3 is 4.90 Å². The lowest BCUT2D eigenvalue weighted by molar-refractivity contribution is -0.127. The van der Waals surface area contributed by atoms with E-state index in [1.54, 1.807) is 17.8 Å². The van der Waals surface area contributed by atoms with Gasteiger partial charge in [0, 0.05) is 24.3 Å². The van der Waals surface area contributed by atoms with Crippen LogP contribution >= 0.6 is 11.8 Å². The molecule has 1 fully saturated rings. The molecule has 3 nitrogen and oxygen atoms in total. The summed E-state index contributed by atoms with van der Waals surface area (Å²) in [7, 11) is 0. The topological polar surface area (TPSA) is 37.4 Å². The highest BCUT2D eigenvalue weighted by Crippen LogP contribution is 2.45. The number of allylic oxidation sites excluding steroid dienone is 3. The molecule has 3 rings (SSSR count). The van der Waals surface area contributed by atoms with Crippen LogP contribution in [0.25, 0.3) is 0 Å². The van der Waals surface area contributed by atoms with E-state index in [-0.39, 0.29) is 17.0 Å². The van der Waals surface area contributed by atoms with Crippen molar-refractivity contribution in [1.29, 1.82) is 0 Å². The van der Waals surface area contributed by atoms with Gasteiger partial charge in [0.25, 0.3) is 0 Å². The summed E-state index contributed by atoms with van der Waals surface area (Å²) in [5.74, 6) is -0.0710. The quantitative estimate of drug-likeness (QED) is 0.598. The maximum Gasteiger partial charge on any atom is 0.166 e. The van der Waals surface area contributed by atoms with Crippen LogP contribution in [0.1, 0.15) is 33.6 Å². The van der Waals surface area contributed by atoms with E-state index in [2.05, 4.69) is 24.0 Å². The SMILES string of the molecule is CCN1/C(=C/C=C2C(=O)CC(C)(C)CC2=O)Sc2ccccc21. The van der Waals surface area contributed by atoms with E-state index in [0.717, 1.165) is 11.6 Å². The Balaban J connectivity index is 1.88. The molecule has 0 atom stereocenters. The molecule has 0 unspecified atom stereocenters. The van der Waals surface area contributed by atoms with Crippen molar-refractivity contribution < 1.29 is 9.59 Å². The number of hydrogen-bond acceptors (Lipinski definition) is 4. The minimum atomic E-state index is -0.216. The predicted octanol–water partition coefficient (Wildman–Crippen LogP) is 4.34. The number of nitrogens with zero attached hydrogens (tertiary/aromatic N) is 1. The van der Waals surface area contributed by atoms with Crippen molar-refractivity contribution in [2.75, 3.05) is 11.4 Å². The summed E-state index contributed by atoms with van der Waals surface area (Å²) >= 11 is 1.68. The van der Waals surface area contributed by atoms with Crippen molar-refractivity contribution in [1.82, 2.24) is 0 Å². The van der Waals surface area contributed by atoms with Crippen LogP contribution in [0.3, 0.4) is 0 Å². The Labute approximate surface area is 141 Å². The van der Waals surface area contributed by atoms with Crippen LogP contribution in [-0.2, 0) is 9.59 Å². The van der Waals surface area contributed by atoms with Crippen molar-refractivity contribution in [3.8, 4) is 0 Å². The predicted molar refractivity (Wildman–Crippen MR) is 94.5 cm³/mol. The van der Waals surface area contributed by atoms with Gasteiger partial charge in [0.2, 0.25) is 0 Å². The van der Waals surface area contributed by atoms with Gasteiger partial charge in [0.05, 0.1) is 16.3 Å². The Hall–Kier alpha value is -1.81. The molecule has 4 heteroatoms. The second-order valence-electron chi connectivity index (χ2n) is 6.76. The Bertz CT molecular complexity index is 709. The third kappa shape index (κ3) is 3.13. The fraction of sp³-hybridized carbons (Fsp3) is 0.368. The molecule has 120 valence electrons. The minimum absolute atomic E-state index is 0.0355. The zero-order chi connectivity index (χ0) is 16.6. The minimum Gasteiger partial charge on any atom is -0.335 e. The fourth-order valence-electron chi connectivity index (χ4n) is 3.12. The molecule has 1 saturated carbocycles. The molecule has 1 aliphatic carbocycles. The molecule has 0 radical (unpaired) electrons. The second kappa shape index (κ2) is 6.00. The molecule has 23 heavy (non-hydrogen) atoms. The number of benzene rings is 1. The largest absolute Gasteiger partial charge is 0.335 e. The number of hydrogen-bond donors (Lipinski definition) is 0. The molecule has 0 bridgehead atoms. The molecule has 1 aromatic carbocycles. The zero-order valence-corrected chi connectivity index (χ0v) is 14.6. The van der Waals surface area contributed by atoms with Crippen molar-refractivity contribution in [3.05, 3.63) is 47.0 Å². The number of carbonyl (C=O) groups is 2. The molecule has 2 aliphatic rings. The molecule has 0 saturated heterocycles. The number of rotatable bonds is 2. The Morgan fingerprint density at radius 1 is 1.13 bits per heavy atom. The molecule has 1 aliphatic heterocycles. The van der Waals surface area contributed by atoms with Crippen LogP contribution in [-0.4, -0.2) is 18.1 Å². The van der Waals surface area contributed by atoms with Gasteiger partial charge in [-0.15, -0.1) is 0 Å². The fourth-order valence-corrected chi connectivity index (χ4v) is 4.25. The number of fused-ring (bicyclic) bond motifs is 1. The van der Waals surface area contributed by atoms with E-state index in [0.29, 0.717) is 18.4 Å². The first-order chi connectivity index (χ1) is 10.9. The highest BCUT2D eigenvalue weighted by molar-refractivity contribution is 8.03. The van der Waals surface area contributed by atoms with Gasteiger partial charge in [0.15, 0.2) is 11.6 Å². The van der Waals surface area contributed by atoms with Gasteiger partial charge in [-0.25, -0.2) is 0 Å². The zero-order valence-electron chi connectivity index (χ0n) is 13.8. The highest BCUT2D eigenvalue weighted by atomic mass is 32.2. The number of thioether (sulfide) groups is 1. The van der Waals surface area contributed by atoms with Crippen LogP contribution in [0.2, 0.25) is 0 Å². The summed E-state index contributed by atoms with van der Waals surface area (Å²) in [6.07, 6.45) is 4.52. The maximum atomic E-state index is 12.3. The van der Waals surface area contributed by atoms with Gasteiger partial charge in [-0.2, -0.15) is 0 Å². The summed E-state index contributed by atoms with van der Waals surface area (Å²) in [6, 6.07) is 8.24. The van der Waals surface area contributed by atoms with Gasteiger partial charge in [-0.1, -0.05) is 37.7 Å². The number of ketones is 2. The summed E-state index contributed by atoms with van der Waals surface area (Å²) < 4.78 is 0. The number of para-hydroxylation sites is 1. The second-order valence-corrected chi connectivity index (χ2v) is 7.83. The van der Waals surface area contributed by atoms with E-state index in [4.69, 9.17) is 0 Å². The van der Waals surface area contributed by atoms with E-state index >= 15 is 0 Å². The standard InChI is InChI=1S/C19H21NO2S/c1-4-20-14-7-5-6-8-17(14)23-18(20)10-9-13-15(21)11-19(2,3)12-16(13)22/h5-10H,4,11-12H2,1-3H3/b18-10-. The molecule has 1 heterocycles. The molecule has 1 aromatic rings. The lowest BCUT2D eigenvalue weighted by Crippen LogP contribution is -2.31. The van der Waals surface area contributed by atoms with Crippen LogP contribution in [0.5, 0.6) is 0 Å². The normalized spacial score (nSPS) is 21.8. The van der Waals surface area contributed by atoms with E-state index in [1.165, 1.54) is 10.6 Å². The summed E-state index contributed by atoms with van der Waals surface area (Å²) in [4.78, 5) is 27.9. The molecular formula is C19H21NO2S. The summed E-state index contributed by atoms with van der Waals surface area (Å²) in [6.45, 7) is 6.90. The third-order valence-electron chi connectivity index (χ3n) is 4.22. The van der Waals surface area contributed by atoms with Crippen molar-refractivity contribution in [2.45, 2.75) is 38.5 Å². The lowest BCUT2D eigenvalue weighted by Gasteiger charge is -2.28.